The number of pyridine rings is 2. The van der Waals surface area contributed by atoms with Gasteiger partial charge in [-0.1, -0.05) is 36.4 Å². The predicted octanol–water partition coefficient (Wildman–Crippen LogP) is 1.82. The highest BCUT2D eigenvalue weighted by molar-refractivity contribution is 5.95. The fourth-order valence-corrected chi connectivity index (χ4v) is 2.72. The van der Waals surface area contributed by atoms with E-state index in [1.54, 1.807) is 24.4 Å². The molecule has 0 fully saturated rings. The Hall–Kier alpha value is -3.41. The zero-order chi connectivity index (χ0) is 17.8. The number of carbonyl (C=O) groups is 1. The van der Waals surface area contributed by atoms with Gasteiger partial charge in [0.15, 0.2) is 0 Å². The van der Waals surface area contributed by atoms with Gasteiger partial charge in [0.05, 0.1) is 0 Å². The number of hydrogen-bond donors (Lipinski definition) is 2. The number of aryl methyl sites for hydroxylation is 2. The number of aromatic nitrogens is 2. The lowest BCUT2D eigenvalue weighted by molar-refractivity contribution is 0.0996. The van der Waals surface area contributed by atoms with Crippen LogP contribution in [0.1, 0.15) is 21.6 Å². The smallest absolute Gasteiger partial charge is 0.273 e. The molecule has 0 saturated carbocycles. The molecule has 3 rings (SSSR count). The average Bonchev–Trinajstić information content (AvgIpc) is 2.61. The van der Waals surface area contributed by atoms with E-state index in [4.69, 9.17) is 5.73 Å². The first-order valence-corrected chi connectivity index (χ1v) is 7.81. The van der Waals surface area contributed by atoms with Crippen LogP contribution in [0.4, 0.5) is 0 Å². The minimum atomic E-state index is -0.971. The van der Waals surface area contributed by atoms with E-state index in [2.05, 4.69) is 4.98 Å². The van der Waals surface area contributed by atoms with E-state index >= 15 is 0 Å². The summed E-state index contributed by atoms with van der Waals surface area (Å²) in [5, 5.41) is 10.1. The number of nitrogens with zero attached hydrogens (tertiary/aromatic N) is 2. The Kier molecular flexibility index (Phi) is 4.61. The van der Waals surface area contributed by atoms with Gasteiger partial charge in [-0.3, -0.25) is 14.2 Å². The van der Waals surface area contributed by atoms with E-state index in [0.29, 0.717) is 24.4 Å². The van der Waals surface area contributed by atoms with Gasteiger partial charge < -0.3 is 10.8 Å². The number of carbonyl (C=O) groups excluding carboxylic acids is 1. The maximum Gasteiger partial charge on any atom is 0.273 e. The zero-order valence-electron chi connectivity index (χ0n) is 13.4. The van der Waals surface area contributed by atoms with Gasteiger partial charge in [0, 0.05) is 18.0 Å². The van der Waals surface area contributed by atoms with Crippen molar-refractivity contribution in [3.05, 3.63) is 88.0 Å². The average molecular weight is 335 g/mol. The number of rotatable bonds is 5. The SMILES string of the molecule is NC(=O)c1c(O)cc(CCc2ccccc2)n(-c2ccccn2)c1=O. The van der Waals surface area contributed by atoms with Crippen molar-refractivity contribution in [2.24, 2.45) is 5.73 Å². The van der Waals surface area contributed by atoms with Crippen LogP contribution in [0.2, 0.25) is 0 Å². The summed E-state index contributed by atoms with van der Waals surface area (Å²) in [5.74, 6) is -1.01. The Balaban J connectivity index is 2.10. The van der Waals surface area contributed by atoms with Gasteiger partial charge in [0.2, 0.25) is 0 Å². The zero-order valence-corrected chi connectivity index (χ0v) is 13.4. The summed E-state index contributed by atoms with van der Waals surface area (Å²) in [7, 11) is 0. The maximum absolute atomic E-state index is 12.7. The van der Waals surface area contributed by atoms with E-state index in [1.165, 1.54) is 10.6 Å². The van der Waals surface area contributed by atoms with Crippen LogP contribution in [0.3, 0.4) is 0 Å². The van der Waals surface area contributed by atoms with Crippen LogP contribution >= 0.6 is 0 Å². The first-order valence-electron chi connectivity index (χ1n) is 7.81. The highest BCUT2D eigenvalue weighted by atomic mass is 16.3. The predicted molar refractivity (Wildman–Crippen MR) is 93.9 cm³/mol. The molecule has 1 aromatic carbocycles. The van der Waals surface area contributed by atoms with Crippen LogP contribution in [0.15, 0.2) is 65.6 Å². The molecule has 0 aliphatic carbocycles. The molecular weight excluding hydrogens is 318 g/mol. The van der Waals surface area contributed by atoms with Crippen molar-refractivity contribution in [1.82, 2.24) is 9.55 Å². The van der Waals surface area contributed by atoms with Crippen LogP contribution < -0.4 is 11.3 Å². The quantitative estimate of drug-likeness (QED) is 0.743. The second kappa shape index (κ2) is 7.00. The second-order valence-electron chi connectivity index (χ2n) is 5.57. The maximum atomic E-state index is 12.7. The summed E-state index contributed by atoms with van der Waals surface area (Å²) < 4.78 is 1.32. The number of primary amides is 1. The fourth-order valence-electron chi connectivity index (χ4n) is 2.72. The minimum absolute atomic E-state index is 0.373. The van der Waals surface area contributed by atoms with Crippen LogP contribution in [-0.2, 0) is 12.8 Å². The van der Waals surface area contributed by atoms with Crippen LogP contribution in [0, 0.1) is 0 Å². The van der Waals surface area contributed by atoms with E-state index < -0.39 is 22.8 Å². The first-order chi connectivity index (χ1) is 12.1. The molecule has 2 aromatic heterocycles. The van der Waals surface area contributed by atoms with Gasteiger partial charge in [-0.05, 0) is 30.5 Å². The van der Waals surface area contributed by atoms with Crippen molar-refractivity contribution in [1.29, 1.82) is 0 Å². The lowest BCUT2D eigenvalue weighted by Crippen LogP contribution is -2.31. The number of hydrogen-bond acceptors (Lipinski definition) is 4. The Morgan fingerprint density at radius 2 is 1.80 bits per heavy atom. The molecule has 3 N–H and O–H groups in total. The standard InChI is InChI=1S/C19H17N3O3/c20-18(24)17-15(23)12-14(10-9-13-6-2-1-3-7-13)22(19(17)25)16-8-4-5-11-21-16/h1-8,11-12,23H,9-10H2,(H2,20,24). The molecule has 0 atom stereocenters. The van der Waals surface area contributed by atoms with Crippen molar-refractivity contribution in [3.63, 3.8) is 0 Å². The van der Waals surface area contributed by atoms with E-state index in [0.717, 1.165) is 5.56 Å². The Morgan fingerprint density at radius 1 is 1.08 bits per heavy atom. The number of nitrogens with two attached hydrogens (primary N) is 1. The molecule has 0 unspecified atom stereocenters. The van der Waals surface area contributed by atoms with Crippen molar-refractivity contribution in [3.8, 4) is 11.6 Å². The molecule has 126 valence electrons. The van der Waals surface area contributed by atoms with Crippen LogP contribution in [0.25, 0.3) is 5.82 Å². The van der Waals surface area contributed by atoms with E-state index in [1.807, 2.05) is 30.3 Å². The number of benzene rings is 1. The fraction of sp³-hybridized carbons (Fsp3) is 0.105. The van der Waals surface area contributed by atoms with Crippen molar-refractivity contribution in [2.45, 2.75) is 12.8 Å². The highest BCUT2D eigenvalue weighted by Crippen LogP contribution is 2.19. The molecule has 2 heterocycles. The molecule has 0 aliphatic heterocycles. The third-order valence-corrected chi connectivity index (χ3v) is 3.90. The summed E-state index contributed by atoms with van der Waals surface area (Å²) in [6, 6.07) is 16.3. The molecule has 0 aliphatic rings. The molecule has 1 amide bonds. The van der Waals surface area contributed by atoms with Gasteiger partial charge in [-0.25, -0.2) is 4.98 Å². The normalized spacial score (nSPS) is 10.6. The molecule has 6 nitrogen and oxygen atoms in total. The highest BCUT2D eigenvalue weighted by Gasteiger charge is 2.20. The van der Waals surface area contributed by atoms with Crippen LogP contribution in [-0.4, -0.2) is 20.6 Å². The van der Waals surface area contributed by atoms with Crippen molar-refractivity contribution in [2.75, 3.05) is 0 Å². The van der Waals surface area contributed by atoms with Gasteiger partial charge in [-0.15, -0.1) is 0 Å². The molecule has 25 heavy (non-hydrogen) atoms. The second-order valence-corrected chi connectivity index (χ2v) is 5.57. The first kappa shape index (κ1) is 16.4. The summed E-state index contributed by atoms with van der Waals surface area (Å²) in [5.41, 5.74) is 5.79. The summed E-state index contributed by atoms with van der Waals surface area (Å²) >= 11 is 0. The largest absolute Gasteiger partial charge is 0.507 e. The molecule has 0 spiro atoms. The van der Waals surface area contributed by atoms with Crippen molar-refractivity contribution >= 4 is 5.91 Å². The van der Waals surface area contributed by atoms with Gasteiger partial charge in [-0.2, -0.15) is 0 Å². The third kappa shape index (κ3) is 3.42. The third-order valence-electron chi connectivity index (χ3n) is 3.90. The summed E-state index contributed by atoms with van der Waals surface area (Å²) in [4.78, 5) is 28.5. The van der Waals surface area contributed by atoms with Gasteiger partial charge in [0.25, 0.3) is 11.5 Å². The van der Waals surface area contributed by atoms with Gasteiger partial charge >= 0.3 is 0 Å². The monoisotopic (exact) mass is 335 g/mol. The summed E-state index contributed by atoms with van der Waals surface area (Å²) in [6.45, 7) is 0. The topological polar surface area (TPSA) is 98.2 Å². The molecule has 6 heteroatoms. The number of amides is 1. The van der Waals surface area contributed by atoms with Crippen molar-refractivity contribution < 1.29 is 9.90 Å². The lowest BCUT2D eigenvalue weighted by atomic mass is 10.1. The van der Waals surface area contributed by atoms with Gasteiger partial charge in [0.1, 0.15) is 17.1 Å². The molecule has 0 radical (unpaired) electrons. The lowest BCUT2D eigenvalue weighted by Gasteiger charge is -2.14. The summed E-state index contributed by atoms with van der Waals surface area (Å²) in [6.07, 6.45) is 2.71. The molecular formula is C19H17N3O3. The van der Waals surface area contributed by atoms with E-state index in [-0.39, 0.29) is 0 Å². The van der Waals surface area contributed by atoms with Crippen LogP contribution in [0.5, 0.6) is 5.75 Å². The molecule has 0 bridgehead atoms. The Morgan fingerprint density at radius 3 is 2.44 bits per heavy atom. The van der Waals surface area contributed by atoms with E-state index in [9.17, 15) is 14.7 Å². The Labute approximate surface area is 144 Å². The minimum Gasteiger partial charge on any atom is -0.507 e. The molecule has 3 aromatic rings. The Bertz CT molecular complexity index is 951. The molecule has 0 saturated heterocycles. The number of aromatic hydroxyl groups is 1.